The lowest BCUT2D eigenvalue weighted by Gasteiger charge is -2.36. The Morgan fingerprint density at radius 3 is 2.30 bits per heavy atom. The molecule has 3 rings (SSSR count). The van der Waals surface area contributed by atoms with Gasteiger partial charge in [0.15, 0.2) is 5.75 Å². The average molecular weight is 369 g/mol. The van der Waals surface area contributed by atoms with Crippen LogP contribution in [0.25, 0.3) is 0 Å². The second-order valence-corrected chi connectivity index (χ2v) is 7.59. The summed E-state index contributed by atoms with van der Waals surface area (Å²) in [7, 11) is 0. The van der Waals surface area contributed by atoms with E-state index in [0.717, 1.165) is 24.5 Å². The van der Waals surface area contributed by atoms with Gasteiger partial charge in [-0.15, -0.1) is 0 Å². The van der Waals surface area contributed by atoms with E-state index in [2.05, 4.69) is 4.90 Å². The number of hydrogen-bond acceptors (Lipinski definition) is 5. The summed E-state index contributed by atoms with van der Waals surface area (Å²) in [6, 6.07) is 15.4. The summed E-state index contributed by atoms with van der Waals surface area (Å²) in [6.45, 7) is 8.33. The summed E-state index contributed by atoms with van der Waals surface area (Å²) in [5, 5.41) is 0. The maximum absolute atomic E-state index is 12.2. The van der Waals surface area contributed by atoms with Gasteiger partial charge in [0.1, 0.15) is 11.4 Å². The highest BCUT2D eigenvalue weighted by Crippen LogP contribution is 2.32. The molecule has 6 nitrogen and oxygen atoms in total. The minimum atomic E-state index is -0.477. The van der Waals surface area contributed by atoms with Gasteiger partial charge in [0.2, 0.25) is 0 Å². The lowest BCUT2D eigenvalue weighted by molar-refractivity contribution is 0.0240. The monoisotopic (exact) mass is 369 g/mol. The number of rotatable bonds is 3. The third-order valence-corrected chi connectivity index (χ3v) is 4.26. The lowest BCUT2D eigenvalue weighted by Crippen LogP contribution is -2.50. The second kappa shape index (κ2) is 7.78. The highest BCUT2D eigenvalue weighted by molar-refractivity contribution is 5.69. The molecule has 1 aliphatic heterocycles. The van der Waals surface area contributed by atoms with Crippen LogP contribution in [-0.4, -0.2) is 42.8 Å². The molecule has 1 heterocycles. The molecule has 0 bridgehead atoms. The fourth-order valence-corrected chi connectivity index (χ4v) is 2.90. The molecule has 2 aromatic carbocycles. The number of para-hydroxylation sites is 1. The first-order chi connectivity index (χ1) is 12.8. The Labute approximate surface area is 160 Å². The normalized spacial score (nSPS) is 14.8. The standard InChI is InChI=1S/C21H27N3O3/c1-21(2,3)27-20(25)24-13-11-23(12-14-24)16-9-10-18(22)19(15-16)26-17-7-5-4-6-8-17/h4-10,15H,11-14,22H2,1-3H3. The molecule has 1 saturated heterocycles. The number of nitrogen functional groups attached to an aromatic ring is 1. The third-order valence-electron chi connectivity index (χ3n) is 4.26. The molecule has 2 N–H and O–H groups in total. The van der Waals surface area contributed by atoms with Crippen LogP contribution in [0.3, 0.4) is 0 Å². The maximum Gasteiger partial charge on any atom is 0.410 e. The number of hydrogen-bond donors (Lipinski definition) is 1. The molecular weight excluding hydrogens is 342 g/mol. The predicted octanol–water partition coefficient (Wildman–Crippen LogP) is 4.12. The van der Waals surface area contributed by atoms with Crippen molar-refractivity contribution in [3.63, 3.8) is 0 Å². The number of ether oxygens (including phenoxy) is 2. The van der Waals surface area contributed by atoms with Crippen LogP contribution in [0.4, 0.5) is 16.2 Å². The summed E-state index contributed by atoms with van der Waals surface area (Å²) in [6.07, 6.45) is -0.257. The lowest BCUT2D eigenvalue weighted by atomic mass is 10.2. The molecule has 2 aromatic rings. The summed E-state index contributed by atoms with van der Waals surface area (Å²) < 4.78 is 11.4. The van der Waals surface area contributed by atoms with Crippen LogP contribution in [0.2, 0.25) is 0 Å². The van der Waals surface area contributed by atoms with E-state index in [1.54, 1.807) is 4.90 Å². The van der Waals surface area contributed by atoms with Crippen LogP contribution in [0.1, 0.15) is 20.8 Å². The van der Waals surface area contributed by atoms with Crippen molar-refractivity contribution in [1.82, 2.24) is 4.90 Å². The second-order valence-electron chi connectivity index (χ2n) is 7.59. The molecule has 0 aromatic heterocycles. The molecular formula is C21H27N3O3. The molecule has 144 valence electrons. The van der Waals surface area contributed by atoms with Crippen LogP contribution in [0, 0.1) is 0 Å². The number of anilines is 2. The number of benzene rings is 2. The summed E-state index contributed by atoms with van der Waals surface area (Å²) in [4.78, 5) is 16.2. The van der Waals surface area contributed by atoms with Gasteiger partial charge in [-0.2, -0.15) is 0 Å². The van der Waals surface area contributed by atoms with E-state index in [1.165, 1.54) is 0 Å². The van der Waals surface area contributed by atoms with Gasteiger partial charge in [0.25, 0.3) is 0 Å². The van der Waals surface area contributed by atoms with Crippen molar-refractivity contribution in [2.24, 2.45) is 0 Å². The molecule has 0 unspecified atom stereocenters. The Balaban J connectivity index is 1.64. The number of piperazine rings is 1. The van der Waals surface area contributed by atoms with Crippen molar-refractivity contribution in [3.05, 3.63) is 48.5 Å². The van der Waals surface area contributed by atoms with Gasteiger partial charge in [-0.3, -0.25) is 0 Å². The maximum atomic E-state index is 12.2. The Morgan fingerprint density at radius 2 is 1.67 bits per heavy atom. The van der Waals surface area contributed by atoms with Gasteiger partial charge >= 0.3 is 6.09 Å². The Bertz CT molecular complexity index is 779. The molecule has 1 amide bonds. The number of carbonyl (C=O) groups is 1. The first-order valence-corrected chi connectivity index (χ1v) is 9.17. The number of nitrogens with zero attached hydrogens (tertiary/aromatic N) is 2. The van der Waals surface area contributed by atoms with E-state index >= 15 is 0 Å². The quantitative estimate of drug-likeness (QED) is 0.825. The minimum Gasteiger partial charge on any atom is -0.455 e. The fraction of sp³-hybridized carbons (Fsp3) is 0.381. The molecule has 27 heavy (non-hydrogen) atoms. The molecule has 6 heteroatoms. The highest BCUT2D eigenvalue weighted by Gasteiger charge is 2.26. The van der Waals surface area contributed by atoms with Gasteiger partial charge in [-0.25, -0.2) is 4.79 Å². The zero-order chi connectivity index (χ0) is 19.4. The van der Waals surface area contributed by atoms with Gasteiger partial charge in [-0.1, -0.05) is 18.2 Å². The molecule has 0 atom stereocenters. The van der Waals surface area contributed by atoms with E-state index < -0.39 is 5.60 Å². The van der Waals surface area contributed by atoms with Crippen LogP contribution in [0.15, 0.2) is 48.5 Å². The van der Waals surface area contributed by atoms with E-state index in [9.17, 15) is 4.79 Å². The number of amides is 1. The Hall–Kier alpha value is -2.89. The van der Waals surface area contributed by atoms with Crippen LogP contribution < -0.4 is 15.4 Å². The first-order valence-electron chi connectivity index (χ1n) is 9.17. The van der Waals surface area contributed by atoms with Gasteiger partial charge in [-0.05, 0) is 45.0 Å². The smallest absolute Gasteiger partial charge is 0.410 e. The number of carbonyl (C=O) groups excluding carboxylic acids is 1. The Kier molecular flexibility index (Phi) is 5.44. The SMILES string of the molecule is CC(C)(C)OC(=O)N1CCN(c2ccc(N)c(Oc3ccccc3)c2)CC1. The van der Waals surface area contributed by atoms with Gasteiger partial charge in [0.05, 0.1) is 5.69 Å². The molecule has 0 spiro atoms. The molecule has 0 radical (unpaired) electrons. The van der Waals surface area contributed by atoms with Crippen LogP contribution in [-0.2, 0) is 4.74 Å². The topological polar surface area (TPSA) is 68.0 Å². The zero-order valence-corrected chi connectivity index (χ0v) is 16.1. The summed E-state index contributed by atoms with van der Waals surface area (Å²) in [5.74, 6) is 1.38. The van der Waals surface area contributed by atoms with E-state index in [0.29, 0.717) is 24.5 Å². The van der Waals surface area contributed by atoms with E-state index in [-0.39, 0.29) is 6.09 Å². The van der Waals surface area contributed by atoms with Crippen molar-refractivity contribution in [3.8, 4) is 11.5 Å². The molecule has 1 fully saturated rings. The van der Waals surface area contributed by atoms with Crippen molar-refractivity contribution < 1.29 is 14.3 Å². The molecule has 1 aliphatic rings. The molecule has 0 saturated carbocycles. The number of nitrogens with two attached hydrogens (primary N) is 1. The Morgan fingerprint density at radius 1 is 1.00 bits per heavy atom. The highest BCUT2D eigenvalue weighted by atomic mass is 16.6. The third kappa shape index (κ3) is 5.06. The fourth-order valence-electron chi connectivity index (χ4n) is 2.90. The largest absolute Gasteiger partial charge is 0.455 e. The first kappa shape index (κ1) is 18.9. The molecule has 0 aliphatic carbocycles. The van der Waals surface area contributed by atoms with Crippen molar-refractivity contribution in [2.45, 2.75) is 26.4 Å². The van der Waals surface area contributed by atoms with Crippen molar-refractivity contribution in [1.29, 1.82) is 0 Å². The van der Waals surface area contributed by atoms with Gasteiger partial charge < -0.3 is 25.0 Å². The summed E-state index contributed by atoms with van der Waals surface area (Å²) in [5.41, 5.74) is 7.22. The summed E-state index contributed by atoms with van der Waals surface area (Å²) >= 11 is 0. The predicted molar refractivity (Wildman–Crippen MR) is 107 cm³/mol. The van der Waals surface area contributed by atoms with Crippen LogP contribution in [0.5, 0.6) is 11.5 Å². The van der Waals surface area contributed by atoms with Crippen LogP contribution >= 0.6 is 0 Å². The zero-order valence-electron chi connectivity index (χ0n) is 16.1. The van der Waals surface area contributed by atoms with Crippen molar-refractivity contribution >= 4 is 17.5 Å². The minimum absolute atomic E-state index is 0.257. The van der Waals surface area contributed by atoms with Crippen molar-refractivity contribution in [2.75, 3.05) is 36.8 Å². The van der Waals surface area contributed by atoms with Gasteiger partial charge in [0, 0.05) is 37.9 Å². The average Bonchev–Trinajstić information content (AvgIpc) is 2.63. The van der Waals surface area contributed by atoms with E-state index in [1.807, 2.05) is 69.3 Å². The van der Waals surface area contributed by atoms with E-state index in [4.69, 9.17) is 15.2 Å².